The fraction of sp³-hybridized carbons (Fsp3) is 0.250. The molecule has 92 valence electrons. The standard InChI is InChI=1S/C16H16ClN/c1-11-3-2-4-15-14(11)9-10-18-16(15)12-5-7-13(17)8-6-12/h2-8,16,18H,9-10H2,1H3. The molecule has 1 N–H and O–H groups in total. The molecule has 0 fully saturated rings. The van der Waals surface area contributed by atoms with Gasteiger partial charge in [-0.25, -0.2) is 0 Å². The van der Waals surface area contributed by atoms with Gasteiger partial charge in [-0.2, -0.15) is 0 Å². The van der Waals surface area contributed by atoms with Crippen LogP contribution in [0.4, 0.5) is 0 Å². The van der Waals surface area contributed by atoms with Crippen molar-refractivity contribution in [2.45, 2.75) is 19.4 Å². The summed E-state index contributed by atoms with van der Waals surface area (Å²) in [6, 6.07) is 15.0. The molecule has 1 heterocycles. The third-order valence-electron chi connectivity index (χ3n) is 3.68. The average molecular weight is 258 g/mol. The molecule has 1 atom stereocenters. The molecule has 0 aromatic heterocycles. The van der Waals surface area contributed by atoms with E-state index in [1.807, 2.05) is 12.1 Å². The Kier molecular flexibility index (Phi) is 3.11. The molecule has 1 aliphatic rings. The highest BCUT2D eigenvalue weighted by Gasteiger charge is 2.21. The van der Waals surface area contributed by atoms with Crippen LogP contribution < -0.4 is 5.32 Å². The van der Waals surface area contributed by atoms with Gasteiger partial charge in [-0.1, -0.05) is 41.9 Å². The van der Waals surface area contributed by atoms with Gasteiger partial charge < -0.3 is 5.32 Å². The zero-order valence-electron chi connectivity index (χ0n) is 10.4. The van der Waals surface area contributed by atoms with E-state index >= 15 is 0 Å². The van der Waals surface area contributed by atoms with Crippen LogP contribution in [0.15, 0.2) is 42.5 Å². The first-order valence-electron chi connectivity index (χ1n) is 6.33. The molecular formula is C16H16ClN. The highest BCUT2D eigenvalue weighted by molar-refractivity contribution is 6.30. The Morgan fingerprint density at radius 2 is 1.89 bits per heavy atom. The van der Waals surface area contributed by atoms with Crippen LogP contribution >= 0.6 is 11.6 Å². The van der Waals surface area contributed by atoms with Crippen LogP contribution in [0.3, 0.4) is 0 Å². The summed E-state index contributed by atoms with van der Waals surface area (Å²) >= 11 is 5.96. The molecule has 1 aliphatic heterocycles. The van der Waals surface area contributed by atoms with Gasteiger partial charge in [0.15, 0.2) is 0 Å². The molecule has 0 bridgehead atoms. The first kappa shape index (κ1) is 11.8. The van der Waals surface area contributed by atoms with Crippen molar-refractivity contribution in [2.24, 2.45) is 0 Å². The Hall–Kier alpha value is -1.31. The van der Waals surface area contributed by atoms with E-state index in [0.29, 0.717) is 6.04 Å². The predicted molar refractivity (Wildman–Crippen MR) is 76.2 cm³/mol. The lowest BCUT2D eigenvalue weighted by Gasteiger charge is -2.28. The van der Waals surface area contributed by atoms with E-state index in [1.54, 1.807) is 0 Å². The van der Waals surface area contributed by atoms with E-state index in [2.05, 4.69) is 42.6 Å². The van der Waals surface area contributed by atoms with E-state index in [4.69, 9.17) is 11.6 Å². The largest absolute Gasteiger partial charge is 0.306 e. The van der Waals surface area contributed by atoms with Crippen molar-refractivity contribution < 1.29 is 0 Å². The predicted octanol–water partition coefficient (Wildman–Crippen LogP) is 3.88. The minimum absolute atomic E-state index is 0.297. The minimum atomic E-state index is 0.297. The number of nitrogens with one attached hydrogen (secondary N) is 1. The molecule has 2 heteroatoms. The van der Waals surface area contributed by atoms with Crippen molar-refractivity contribution in [1.29, 1.82) is 0 Å². The Morgan fingerprint density at radius 1 is 1.11 bits per heavy atom. The molecule has 2 aromatic carbocycles. The SMILES string of the molecule is Cc1cccc2c1CCNC2c1ccc(Cl)cc1. The van der Waals surface area contributed by atoms with Crippen LogP contribution in [-0.2, 0) is 6.42 Å². The summed E-state index contributed by atoms with van der Waals surface area (Å²) in [5.41, 5.74) is 5.58. The van der Waals surface area contributed by atoms with Crippen LogP contribution in [0.5, 0.6) is 0 Å². The number of fused-ring (bicyclic) bond motifs is 1. The topological polar surface area (TPSA) is 12.0 Å². The molecule has 1 unspecified atom stereocenters. The summed E-state index contributed by atoms with van der Waals surface area (Å²) in [6.45, 7) is 3.23. The van der Waals surface area contributed by atoms with Gasteiger partial charge in [0.1, 0.15) is 0 Å². The number of hydrogen-bond acceptors (Lipinski definition) is 1. The summed E-state index contributed by atoms with van der Waals surface area (Å²) in [5, 5.41) is 4.39. The molecule has 0 aliphatic carbocycles. The van der Waals surface area contributed by atoms with Crippen molar-refractivity contribution in [1.82, 2.24) is 5.32 Å². The quantitative estimate of drug-likeness (QED) is 0.818. The number of aryl methyl sites for hydroxylation is 1. The Bertz CT molecular complexity index is 560. The summed E-state index contributed by atoms with van der Waals surface area (Å²) in [7, 11) is 0. The lowest BCUT2D eigenvalue weighted by atomic mass is 9.87. The van der Waals surface area contributed by atoms with Crippen LogP contribution in [0.1, 0.15) is 28.3 Å². The Morgan fingerprint density at radius 3 is 2.67 bits per heavy atom. The molecule has 1 nitrogen and oxygen atoms in total. The second-order valence-electron chi connectivity index (χ2n) is 4.83. The molecule has 0 radical (unpaired) electrons. The van der Waals surface area contributed by atoms with Crippen LogP contribution in [0.25, 0.3) is 0 Å². The van der Waals surface area contributed by atoms with Gasteiger partial charge in [0.05, 0.1) is 6.04 Å². The van der Waals surface area contributed by atoms with Gasteiger partial charge in [-0.15, -0.1) is 0 Å². The zero-order chi connectivity index (χ0) is 12.5. The maximum atomic E-state index is 5.96. The molecule has 3 rings (SSSR count). The van der Waals surface area contributed by atoms with Gasteiger partial charge in [-0.05, 0) is 47.7 Å². The molecule has 0 spiro atoms. The molecule has 18 heavy (non-hydrogen) atoms. The third-order valence-corrected chi connectivity index (χ3v) is 3.94. The Labute approximate surface area is 113 Å². The van der Waals surface area contributed by atoms with E-state index in [0.717, 1.165) is 18.0 Å². The highest BCUT2D eigenvalue weighted by Crippen LogP contribution is 2.30. The summed E-state index contributed by atoms with van der Waals surface area (Å²) in [5.74, 6) is 0. The monoisotopic (exact) mass is 257 g/mol. The zero-order valence-corrected chi connectivity index (χ0v) is 11.2. The van der Waals surface area contributed by atoms with Crippen molar-refractivity contribution in [2.75, 3.05) is 6.54 Å². The minimum Gasteiger partial charge on any atom is -0.306 e. The second kappa shape index (κ2) is 4.75. The van der Waals surface area contributed by atoms with Gasteiger partial charge in [0, 0.05) is 11.6 Å². The lowest BCUT2D eigenvalue weighted by Crippen LogP contribution is -2.31. The van der Waals surface area contributed by atoms with Crippen LogP contribution in [0.2, 0.25) is 5.02 Å². The molecule has 0 amide bonds. The van der Waals surface area contributed by atoms with E-state index in [9.17, 15) is 0 Å². The Balaban J connectivity index is 2.06. The van der Waals surface area contributed by atoms with E-state index in [1.165, 1.54) is 22.3 Å². The smallest absolute Gasteiger partial charge is 0.0579 e. The van der Waals surface area contributed by atoms with E-state index < -0.39 is 0 Å². The third kappa shape index (κ3) is 2.05. The summed E-state index contributed by atoms with van der Waals surface area (Å²) in [6.07, 6.45) is 1.12. The number of halogens is 1. The van der Waals surface area contributed by atoms with Crippen molar-refractivity contribution in [3.8, 4) is 0 Å². The molecule has 0 saturated carbocycles. The van der Waals surface area contributed by atoms with Crippen molar-refractivity contribution in [3.63, 3.8) is 0 Å². The van der Waals surface area contributed by atoms with Crippen molar-refractivity contribution >= 4 is 11.6 Å². The van der Waals surface area contributed by atoms with Gasteiger partial charge >= 0.3 is 0 Å². The highest BCUT2D eigenvalue weighted by atomic mass is 35.5. The molecular weight excluding hydrogens is 242 g/mol. The molecule has 2 aromatic rings. The summed E-state index contributed by atoms with van der Waals surface area (Å²) < 4.78 is 0. The second-order valence-corrected chi connectivity index (χ2v) is 5.27. The first-order valence-corrected chi connectivity index (χ1v) is 6.71. The first-order chi connectivity index (χ1) is 8.75. The van der Waals surface area contributed by atoms with Crippen LogP contribution in [-0.4, -0.2) is 6.54 Å². The summed E-state index contributed by atoms with van der Waals surface area (Å²) in [4.78, 5) is 0. The number of benzene rings is 2. The van der Waals surface area contributed by atoms with Crippen LogP contribution in [0, 0.1) is 6.92 Å². The maximum absolute atomic E-state index is 5.96. The lowest BCUT2D eigenvalue weighted by molar-refractivity contribution is 0.566. The normalized spacial score (nSPS) is 18.4. The van der Waals surface area contributed by atoms with Gasteiger partial charge in [0.25, 0.3) is 0 Å². The van der Waals surface area contributed by atoms with E-state index in [-0.39, 0.29) is 0 Å². The fourth-order valence-electron chi connectivity index (χ4n) is 2.74. The fourth-order valence-corrected chi connectivity index (χ4v) is 2.87. The average Bonchev–Trinajstić information content (AvgIpc) is 2.40. The van der Waals surface area contributed by atoms with Gasteiger partial charge in [0.2, 0.25) is 0 Å². The maximum Gasteiger partial charge on any atom is 0.0579 e. The molecule has 0 saturated heterocycles. The van der Waals surface area contributed by atoms with Gasteiger partial charge in [-0.3, -0.25) is 0 Å². The van der Waals surface area contributed by atoms with Crippen molar-refractivity contribution in [3.05, 3.63) is 69.7 Å². The number of hydrogen-bond donors (Lipinski definition) is 1. The number of rotatable bonds is 1.